The molecule has 0 aromatic carbocycles. The largest absolute Gasteiger partial charge is 0.373 e. The van der Waals surface area contributed by atoms with Crippen molar-refractivity contribution in [2.45, 2.75) is 26.1 Å². The molecule has 3 rings (SSSR count). The van der Waals surface area contributed by atoms with Crippen LogP contribution in [-0.2, 0) is 22.7 Å². The van der Waals surface area contributed by atoms with Crippen molar-refractivity contribution < 1.29 is 9.53 Å². The Hall–Kier alpha value is -1.77. The minimum absolute atomic E-state index is 0.0853. The molecule has 3 heterocycles. The highest BCUT2D eigenvalue weighted by molar-refractivity contribution is 7.09. The van der Waals surface area contributed by atoms with Crippen LogP contribution in [0.1, 0.15) is 22.4 Å². The number of carbonyl (C=O) groups is 1. The number of rotatable bonds is 6. The number of ether oxygens (including phenoxy) is 1. The van der Waals surface area contributed by atoms with E-state index in [1.54, 1.807) is 11.3 Å². The standard InChI is InChI=1S/C16H23N5O2S/c1-12-18-13(10-24-12)8-23-9-15-6-20(16(22)7-19(2)3)5-14-4-17-11-21(14)15/h4,10-11,15H,5-9H2,1-3H3/t15-/m0/s1. The molecule has 0 spiro atoms. The molecule has 2 aromatic rings. The molecule has 0 fully saturated rings. The van der Waals surface area contributed by atoms with E-state index in [0.717, 1.165) is 16.4 Å². The quantitative estimate of drug-likeness (QED) is 0.787. The zero-order chi connectivity index (χ0) is 17.1. The molecule has 0 saturated carbocycles. The van der Waals surface area contributed by atoms with Gasteiger partial charge in [0.15, 0.2) is 0 Å². The lowest BCUT2D eigenvalue weighted by molar-refractivity contribution is -0.134. The van der Waals surface area contributed by atoms with Crippen molar-refractivity contribution in [3.8, 4) is 0 Å². The average Bonchev–Trinajstić information content (AvgIpc) is 3.15. The predicted octanol–water partition coefficient (Wildman–Crippen LogP) is 1.31. The SMILES string of the molecule is Cc1nc(COC[C@@H]2CN(C(=O)CN(C)C)Cc3cncn32)cs1. The van der Waals surface area contributed by atoms with E-state index in [0.29, 0.717) is 32.8 Å². The molecule has 1 atom stereocenters. The molecule has 1 aliphatic rings. The molecule has 24 heavy (non-hydrogen) atoms. The fraction of sp³-hybridized carbons (Fsp3) is 0.562. The van der Waals surface area contributed by atoms with Gasteiger partial charge in [0.1, 0.15) is 0 Å². The summed E-state index contributed by atoms with van der Waals surface area (Å²) >= 11 is 1.63. The lowest BCUT2D eigenvalue weighted by Gasteiger charge is -2.35. The molecule has 1 amide bonds. The van der Waals surface area contributed by atoms with Crippen molar-refractivity contribution in [2.24, 2.45) is 0 Å². The van der Waals surface area contributed by atoms with Crippen LogP contribution in [0.2, 0.25) is 0 Å². The summed E-state index contributed by atoms with van der Waals surface area (Å²) in [4.78, 5) is 24.8. The fourth-order valence-electron chi connectivity index (χ4n) is 2.85. The van der Waals surface area contributed by atoms with Gasteiger partial charge in [-0.05, 0) is 21.0 Å². The first kappa shape index (κ1) is 17.1. The van der Waals surface area contributed by atoms with E-state index in [1.165, 1.54) is 0 Å². The number of aryl methyl sites for hydroxylation is 1. The third-order valence-electron chi connectivity index (χ3n) is 3.95. The summed E-state index contributed by atoms with van der Waals surface area (Å²) in [7, 11) is 3.81. The first-order chi connectivity index (χ1) is 11.5. The maximum Gasteiger partial charge on any atom is 0.237 e. The van der Waals surface area contributed by atoms with Gasteiger partial charge in [-0.25, -0.2) is 9.97 Å². The van der Waals surface area contributed by atoms with Crippen molar-refractivity contribution >= 4 is 17.2 Å². The van der Waals surface area contributed by atoms with Crippen LogP contribution in [-0.4, -0.2) is 64.0 Å². The van der Waals surface area contributed by atoms with Crippen LogP contribution < -0.4 is 0 Å². The molecule has 2 aromatic heterocycles. The third kappa shape index (κ3) is 4.00. The number of fused-ring (bicyclic) bond motifs is 1. The van der Waals surface area contributed by atoms with Crippen LogP contribution in [0.4, 0.5) is 0 Å². The average molecular weight is 349 g/mol. The van der Waals surface area contributed by atoms with Crippen LogP contribution in [0.3, 0.4) is 0 Å². The Morgan fingerprint density at radius 3 is 3.04 bits per heavy atom. The Morgan fingerprint density at radius 1 is 1.50 bits per heavy atom. The Labute approximate surface area is 145 Å². The van der Waals surface area contributed by atoms with Crippen LogP contribution in [0, 0.1) is 6.92 Å². The summed E-state index contributed by atoms with van der Waals surface area (Å²) < 4.78 is 7.97. The Bertz CT molecular complexity index is 696. The second-order valence-electron chi connectivity index (χ2n) is 6.33. The summed E-state index contributed by atoms with van der Waals surface area (Å²) in [6.07, 6.45) is 3.65. The number of hydrogen-bond acceptors (Lipinski definition) is 6. The van der Waals surface area contributed by atoms with Gasteiger partial charge >= 0.3 is 0 Å². The van der Waals surface area contributed by atoms with Crippen molar-refractivity contribution in [3.63, 3.8) is 0 Å². The predicted molar refractivity (Wildman–Crippen MR) is 91.7 cm³/mol. The highest BCUT2D eigenvalue weighted by atomic mass is 32.1. The van der Waals surface area contributed by atoms with Crippen LogP contribution in [0.5, 0.6) is 0 Å². The van der Waals surface area contributed by atoms with Crippen molar-refractivity contribution in [3.05, 3.63) is 34.3 Å². The number of aromatic nitrogens is 3. The molecular weight excluding hydrogens is 326 g/mol. The van der Waals surface area contributed by atoms with E-state index in [9.17, 15) is 4.79 Å². The number of imidazole rings is 1. The molecule has 7 nitrogen and oxygen atoms in total. The first-order valence-electron chi connectivity index (χ1n) is 7.95. The molecule has 0 saturated heterocycles. The number of hydrogen-bond donors (Lipinski definition) is 0. The molecule has 130 valence electrons. The lowest BCUT2D eigenvalue weighted by atomic mass is 10.2. The monoisotopic (exact) mass is 349 g/mol. The van der Waals surface area contributed by atoms with Gasteiger partial charge in [0, 0.05) is 18.1 Å². The minimum atomic E-state index is 0.0853. The molecule has 0 aliphatic carbocycles. The normalized spacial score (nSPS) is 17.3. The second kappa shape index (κ2) is 7.42. The summed E-state index contributed by atoms with van der Waals surface area (Å²) in [5, 5.41) is 3.06. The van der Waals surface area contributed by atoms with Gasteiger partial charge in [0.2, 0.25) is 5.91 Å². The number of carbonyl (C=O) groups excluding carboxylic acids is 1. The van der Waals surface area contributed by atoms with Gasteiger partial charge in [-0.2, -0.15) is 0 Å². The smallest absolute Gasteiger partial charge is 0.237 e. The lowest BCUT2D eigenvalue weighted by Crippen LogP contribution is -2.45. The molecule has 0 bridgehead atoms. The molecule has 0 unspecified atom stereocenters. The summed E-state index contributed by atoms with van der Waals surface area (Å²) in [5.74, 6) is 0.132. The number of nitrogens with zero attached hydrogens (tertiary/aromatic N) is 5. The topological polar surface area (TPSA) is 63.5 Å². The summed E-state index contributed by atoms with van der Waals surface area (Å²) in [5.41, 5.74) is 2.01. The van der Waals surface area contributed by atoms with Gasteiger partial charge in [-0.15, -0.1) is 11.3 Å². The Balaban J connectivity index is 1.62. The van der Waals surface area contributed by atoms with Gasteiger partial charge in [-0.1, -0.05) is 0 Å². The highest BCUT2D eigenvalue weighted by Gasteiger charge is 2.28. The Kier molecular flexibility index (Phi) is 5.27. The zero-order valence-corrected chi connectivity index (χ0v) is 15.1. The zero-order valence-electron chi connectivity index (χ0n) is 14.3. The van der Waals surface area contributed by atoms with Crippen LogP contribution in [0.25, 0.3) is 0 Å². The molecule has 1 aliphatic heterocycles. The van der Waals surface area contributed by atoms with E-state index in [4.69, 9.17) is 4.74 Å². The van der Waals surface area contributed by atoms with E-state index in [1.807, 2.05) is 48.7 Å². The van der Waals surface area contributed by atoms with E-state index < -0.39 is 0 Å². The summed E-state index contributed by atoms with van der Waals surface area (Å²) in [6.45, 7) is 4.68. The van der Waals surface area contributed by atoms with Crippen molar-refractivity contribution in [1.29, 1.82) is 0 Å². The Morgan fingerprint density at radius 2 is 2.33 bits per heavy atom. The van der Waals surface area contributed by atoms with Gasteiger partial charge < -0.3 is 19.1 Å². The van der Waals surface area contributed by atoms with E-state index >= 15 is 0 Å². The molecule has 0 radical (unpaired) electrons. The number of likely N-dealkylation sites (N-methyl/N-ethyl adjacent to an activating group) is 1. The molecule has 8 heteroatoms. The minimum Gasteiger partial charge on any atom is -0.373 e. The van der Waals surface area contributed by atoms with Crippen LogP contribution in [0.15, 0.2) is 17.9 Å². The number of thiazole rings is 1. The van der Waals surface area contributed by atoms with Crippen molar-refractivity contribution in [1.82, 2.24) is 24.3 Å². The van der Waals surface area contributed by atoms with Gasteiger partial charge in [0.05, 0.1) is 55.1 Å². The van der Waals surface area contributed by atoms with Crippen LogP contribution >= 0.6 is 11.3 Å². The molecular formula is C16H23N5O2S. The first-order valence-corrected chi connectivity index (χ1v) is 8.83. The second-order valence-corrected chi connectivity index (χ2v) is 7.39. The van der Waals surface area contributed by atoms with E-state index in [2.05, 4.69) is 14.5 Å². The van der Waals surface area contributed by atoms with Gasteiger partial charge in [0.25, 0.3) is 0 Å². The van der Waals surface area contributed by atoms with Gasteiger partial charge in [-0.3, -0.25) is 4.79 Å². The highest BCUT2D eigenvalue weighted by Crippen LogP contribution is 2.22. The van der Waals surface area contributed by atoms with Crippen molar-refractivity contribution in [2.75, 3.05) is 33.8 Å². The maximum atomic E-state index is 12.4. The summed E-state index contributed by atoms with van der Waals surface area (Å²) in [6, 6.07) is 0.0853. The van der Waals surface area contributed by atoms with E-state index in [-0.39, 0.29) is 11.9 Å². The molecule has 0 N–H and O–H groups in total. The number of amides is 1. The maximum absolute atomic E-state index is 12.4. The fourth-order valence-corrected chi connectivity index (χ4v) is 3.45. The third-order valence-corrected chi connectivity index (χ3v) is 4.78.